The summed E-state index contributed by atoms with van der Waals surface area (Å²) in [4.78, 5) is 7.15. The average molecular weight is 244 g/mol. The molecule has 96 valence electrons. The van der Waals surface area contributed by atoms with Crippen LogP contribution < -0.4 is 5.32 Å². The number of nitrogens with one attached hydrogen (secondary N) is 1. The molecule has 4 heteroatoms. The maximum atomic E-state index is 4.62. The van der Waals surface area contributed by atoms with Crippen LogP contribution in [0.3, 0.4) is 0 Å². The number of aromatic nitrogens is 2. The van der Waals surface area contributed by atoms with Gasteiger partial charge in [0.05, 0.1) is 11.4 Å². The summed E-state index contributed by atoms with van der Waals surface area (Å²) in [6.07, 6.45) is 2.11. The zero-order valence-corrected chi connectivity index (χ0v) is 11.1. The first-order chi connectivity index (χ1) is 8.75. The van der Waals surface area contributed by atoms with Crippen LogP contribution in [0.1, 0.15) is 18.3 Å². The summed E-state index contributed by atoms with van der Waals surface area (Å²) in [5, 5.41) is 3.43. The number of fused-ring (bicyclic) bond motifs is 1. The molecule has 1 fully saturated rings. The number of pyridine rings is 1. The molecular weight excluding hydrogens is 224 g/mol. The fourth-order valence-corrected chi connectivity index (χ4v) is 2.67. The summed E-state index contributed by atoms with van der Waals surface area (Å²) < 4.78 is 2.21. The molecule has 2 aromatic heterocycles. The second kappa shape index (κ2) is 4.71. The lowest BCUT2D eigenvalue weighted by atomic mass is 10.2. The number of hydrogen-bond acceptors (Lipinski definition) is 3. The highest BCUT2D eigenvalue weighted by Gasteiger charge is 2.20. The molecule has 0 radical (unpaired) electrons. The summed E-state index contributed by atoms with van der Waals surface area (Å²) in [5.74, 6) is 0. The van der Waals surface area contributed by atoms with Gasteiger partial charge in [-0.1, -0.05) is 6.07 Å². The minimum atomic E-state index is 0.590. The van der Waals surface area contributed by atoms with Gasteiger partial charge in [-0.25, -0.2) is 4.98 Å². The maximum absolute atomic E-state index is 4.62. The molecule has 1 atom stereocenters. The van der Waals surface area contributed by atoms with Crippen LogP contribution in [0.15, 0.2) is 24.4 Å². The minimum Gasteiger partial charge on any atom is -0.314 e. The predicted molar refractivity (Wildman–Crippen MR) is 72.7 cm³/mol. The Hall–Kier alpha value is -1.39. The van der Waals surface area contributed by atoms with Crippen LogP contribution in [-0.4, -0.2) is 40.0 Å². The van der Waals surface area contributed by atoms with Gasteiger partial charge in [0.2, 0.25) is 0 Å². The van der Waals surface area contributed by atoms with E-state index in [2.05, 4.69) is 51.8 Å². The standard InChI is InChI=1S/C14H20N4/c1-11-9-15-6-8-17(11)10-13-12(2)16-14-5-3-4-7-18(13)14/h3-5,7,11,15H,6,8-10H2,1-2H3/t11-/m1/s1. The van der Waals surface area contributed by atoms with Crippen LogP contribution >= 0.6 is 0 Å². The molecule has 1 aliphatic rings. The number of hydrogen-bond donors (Lipinski definition) is 1. The molecular formula is C14H20N4. The van der Waals surface area contributed by atoms with E-state index >= 15 is 0 Å². The van der Waals surface area contributed by atoms with Crippen molar-refractivity contribution in [2.45, 2.75) is 26.4 Å². The third kappa shape index (κ3) is 2.02. The Morgan fingerprint density at radius 2 is 2.33 bits per heavy atom. The van der Waals surface area contributed by atoms with E-state index in [1.165, 1.54) is 5.69 Å². The molecule has 0 bridgehead atoms. The van der Waals surface area contributed by atoms with Crippen LogP contribution in [-0.2, 0) is 6.54 Å². The number of aryl methyl sites for hydroxylation is 1. The van der Waals surface area contributed by atoms with Gasteiger partial charge >= 0.3 is 0 Å². The molecule has 0 aliphatic carbocycles. The van der Waals surface area contributed by atoms with Crippen LogP contribution in [0, 0.1) is 6.92 Å². The fraction of sp³-hybridized carbons (Fsp3) is 0.500. The van der Waals surface area contributed by atoms with Gasteiger partial charge in [-0.05, 0) is 26.0 Å². The van der Waals surface area contributed by atoms with E-state index < -0.39 is 0 Å². The first-order valence-electron chi connectivity index (χ1n) is 6.63. The second-order valence-electron chi connectivity index (χ2n) is 5.10. The van der Waals surface area contributed by atoms with Crippen molar-refractivity contribution in [3.8, 4) is 0 Å². The molecule has 0 saturated carbocycles. The van der Waals surface area contributed by atoms with Crippen molar-refractivity contribution in [1.82, 2.24) is 19.6 Å². The van der Waals surface area contributed by atoms with Gasteiger partial charge in [0.15, 0.2) is 0 Å². The molecule has 4 nitrogen and oxygen atoms in total. The Bertz CT molecular complexity index is 546. The lowest BCUT2D eigenvalue weighted by molar-refractivity contribution is 0.163. The first-order valence-corrected chi connectivity index (χ1v) is 6.63. The number of piperazine rings is 1. The molecule has 0 unspecified atom stereocenters. The summed E-state index contributed by atoms with van der Waals surface area (Å²) in [6.45, 7) is 8.65. The van der Waals surface area contributed by atoms with Gasteiger partial charge in [0, 0.05) is 38.4 Å². The Morgan fingerprint density at radius 3 is 3.17 bits per heavy atom. The molecule has 0 spiro atoms. The molecule has 18 heavy (non-hydrogen) atoms. The van der Waals surface area contributed by atoms with Crippen molar-refractivity contribution in [2.75, 3.05) is 19.6 Å². The van der Waals surface area contributed by atoms with Crippen molar-refractivity contribution in [3.05, 3.63) is 35.8 Å². The third-order valence-corrected chi connectivity index (χ3v) is 3.82. The lowest BCUT2D eigenvalue weighted by Crippen LogP contribution is -2.49. The zero-order valence-electron chi connectivity index (χ0n) is 11.1. The van der Waals surface area contributed by atoms with Gasteiger partial charge in [0.1, 0.15) is 5.65 Å². The summed E-state index contributed by atoms with van der Waals surface area (Å²) in [6, 6.07) is 6.77. The Morgan fingerprint density at radius 1 is 1.44 bits per heavy atom. The Labute approximate surface area is 108 Å². The van der Waals surface area contributed by atoms with Crippen molar-refractivity contribution >= 4 is 5.65 Å². The SMILES string of the molecule is Cc1nc2ccccn2c1CN1CCNC[C@H]1C. The number of imidazole rings is 1. The quantitative estimate of drug-likeness (QED) is 0.867. The maximum Gasteiger partial charge on any atom is 0.137 e. The van der Waals surface area contributed by atoms with E-state index in [1.54, 1.807) is 0 Å². The van der Waals surface area contributed by atoms with E-state index in [1.807, 2.05) is 6.07 Å². The fourth-order valence-electron chi connectivity index (χ4n) is 2.67. The zero-order chi connectivity index (χ0) is 12.5. The molecule has 2 aromatic rings. The summed E-state index contributed by atoms with van der Waals surface area (Å²) in [5.41, 5.74) is 3.51. The van der Waals surface area contributed by atoms with Gasteiger partial charge in [-0.15, -0.1) is 0 Å². The van der Waals surface area contributed by atoms with Gasteiger partial charge in [-0.2, -0.15) is 0 Å². The van der Waals surface area contributed by atoms with Gasteiger partial charge in [0.25, 0.3) is 0 Å². The molecule has 1 aliphatic heterocycles. The van der Waals surface area contributed by atoms with Crippen LogP contribution in [0.25, 0.3) is 5.65 Å². The molecule has 3 heterocycles. The van der Waals surface area contributed by atoms with Crippen molar-refractivity contribution in [2.24, 2.45) is 0 Å². The van der Waals surface area contributed by atoms with E-state index in [-0.39, 0.29) is 0 Å². The molecule has 0 amide bonds. The average Bonchev–Trinajstić information content (AvgIpc) is 2.69. The smallest absolute Gasteiger partial charge is 0.137 e. The minimum absolute atomic E-state index is 0.590. The Balaban J connectivity index is 1.92. The first kappa shape index (κ1) is 11.7. The van der Waals surface area contributed by atoms with Crippen molar-refractivity contribution in [1.29, 1.82) is 0 Å². The summed E-state index contributed by atoms with van der Waals surface area (Å²) in [7, 11) is 0. The van der Waals surface area contributed by atoms with Gasteiger partial charge in [-0.3, -0.25) is 4.90 Å². The monoisotopic (exact) mass is 244 g/mol. The van der Waals surface area contributed by atoms with E-state index in [4.69, 9.17) is 0 Å². The van der Waals surface area contributed by atoms with E-state index in [0.29, 0.717) is 6.04 Å². The van der Waals surface area contributed by atoms with Gasteiger partial charge < -0.3 is 9.72 Å². The van der Waals surface area contributed by atoms with E-state index in [9.17, 15) is 0 Å². The molecule has 1 N–H and O–H groups in total. The molecule has 3 rings (SSSR count). The van der Waals surface area contributed by atoms with E-state index in [0.717, 1.165) is 37.5 Å². The summed E-state index contributed by atoms with van der Waals surface area (Å²) >= 11 is 0. The largest absolute Gasteiger partial charge is 0.314 e. The third-order valence-electron chi connectivity index (χ3n) is 3.82. The highest BCUT2D eigenvalue weighted by Crippen LogP contribution is 2.16. The lowest BCUT2D eigenvalue weighted by Gasteiger charge is -2.33. The van der Waals surface area contributed by atoms with Crippen LogP contribution in [0.4, 0.5) is 0 Å². The predicted octanol–water partition coefficient (Wildman–Crippen LogP) is 1.44. The topological polar surface area (TPSA) is 32.6 Å². The highest BCUT2D eigenvalue weighted by molar-refractivity contribution is 5.42. The number of rotatable bonds is 2. The van der Waals surface area contributed by atoms with Crippen molar-refractivity contribution < 1.29 is 0 Å². The normalized spacial score (nSPS) is 21.6. The second-order valence-corrected chi connectivity index (χ2v) is 5.10. The highest BCUT2D eigenvalue weighted by atomic mass is 15.2. The van der Waals surface area contributed by atoms with Crippen molar-refractivity contribution in [3.63, 3.8) is 0 Å². The Kier molecular flexibility index (Phi) is 3.06. The van der Waals surface area contributed by atoms with Crippen LogP contribution in [0.5, 0.6) is 0 Å². The molecule has 0 aromatic carbocycles. The molecule has 1 saturated heterocycles. The van der Waals surface area contributed by atoms with Crippen LogP contribution in [0.2, 0.25) is 0 Å². The number of nitrogens with zero attached hydrogens (tertiary/aromatic N) is 3.